The number of likely N-dealkylation sites (tertiary alicyclic amines) is 1. The molecule has 0 unspecified atom stereocenters. The molecular weight excluding hydrogens is 312 g/mol. The minimum atomic E-state index is -3.62. The normalized spacial score (nSPS) is 17.3. The molecule has 0 atom stereocenters. The van der Waals surface area contributed by atoms with Crippen LogP contribution < -0.4 is 4.89 Å². The summed E-state index contributed by atoms with van der Waals surface area (Å²) in [4.78, 5) is 9.92. The molecule has 1 heterocycles. The molecule has 0 spiro atoms. The fourth-order valence-electron chi connectivity index (χ4n) is 2.66. The van der Waals surface area contributed by atoms with E-state index in [-0.39, 0.29) is 10.3 Å². The van der Waals surface area contributed by atoms with Crippen molar-refractivity contribution in [2.24, 2.45) is 0 Å². The third kappa shape index (κ3) is 5.57. The summed E-state index contributed by atoms with van der Waals surface area (Å²) in [5, 5.41) is 0. The number of benzene rings is 1. The van der Waals surface area contributed by atoms with Crippen LogP contribution in [0, 0.1) is 0 Å². The van der Waals surface area contributed by atoms with Gasteiger partial charge in [0.15, 0.2) is 0 Å². The SMILES string of the molecule is CC(C)(C)c1ccc(S(=O)(=O)NOCCN2CCCCC2)cc1. The van der Waals surface area contributed by atoms with Gasteiger partial charge in [-0.05, 0) is 49.0 Å². The summed E-state index contributed by atoms with van der Waals surface area (Å²) in [6, 6.07) is 6.94. The highest BCUT2D eigenvalue weighted by Gasteiger charge is 2.18. The smallest absolute Gasteiger partial charge is 0.262 e. The molecule has 130 valence electrons. The highest BCUT2D eigenvalue weighted by atomic mass is 32.2. The van der Waals surface area contributed by atoms with Crippen LogP contribution in [0.3, 0.4) is 0 Å². The molecular formula is C17H28N2O3S. The Kier molecular flexibility index (Phi) is 6.19. The Morgan fingerprint density at radius 1 is 1.09 bits per heavy atom. The molecule has 1 aliphatic heterocycles. The summed E-state index contributed by atoms with van der Waals surface area (Å²) in [6.07, 6.45) is 3.71. The predicted molar refractivity (Wildman–Crippen MR) is 91.7 cm³/mol. The van der Waals surface area contributed by atoms with E-state index in [0.29, 0.717) is 6.61 Å². The molecule has 1 fully saturated rings. The second-order valence-electron chi connectivity index (χ2n) is 7.11. The summed E-state index contributed by atoms with van der Waals surface area (Å²) in [6.45, 7) is 9.55. The quantitative estimate of drug-likeness (QED) is 0.639. The van der Waals surface area contributed by atoms with E-state index in [1.807, 2.05) is 12.1 Å². The van der Waals surface area contributed by atoms with E-state index in [4.69, 9.17) is 4.84 Å². The van der Waals surface area contributed by atoms with Crippen LogP contribution in [0.1, 0.15) is 45.6 Å². The van der Waals surface area contributed by atoms with Crippen molar-refractivity contribution in [2.75, 3.05) is 26.2 Å². The molecule has 2 rings (SSSR count). The van der Waals surface area contributed by atoms with Gasteiger partial charge in [0, 0.05) is 6.54 Å². The molecule has 0 bridgehead atoms. The Morgan fingerprint density at radius 3 is 2.26 bits per heavy atom. The van der Waals surface area contributed by atoms with Crippen LogP contribution in [-0.4, -0.2) is 39.6 Å². The second-order valence-corrected chi connectivity index (χ2v) is 8.76. The standard InChI is InChI=1S/C17H28N2O3S/c1-17(2,3)15-7-9-16(10-8-15)23(20,21)18-22-14-13-19-11-5-4-6-12-19/h7-10,18H,4-6,11-14H2,1-3H3. The lowest BCUT2D eigenvalue weighted by molar-refractivity contribution is 0.0656. The third-order valence-electron chi connectivity index (χ3n) is 4.16. The molecule has 5 nitrogen and oxygen atoms in total. The number of hydrogen-bond acceptors (Lipinski definition) is 4. The van der Waals surface area contributed by atoms with E-state index in [1.165, 1.54) is 19.3 Å². The fraction of sp³-hybridized carbons (Fsp3) is 0.647. The molecule has 0 radical (unpaired) electrons. The van der Waals surface area contributed by atoms with Crippen molar-refractivity contribution in [2.45, 2.75) is 50.3 Å². The average Bonchev–Trinajstić information content (AvgIpc) is 2.52. The van der Waals surface area contributed by atoms with Gasteiger partial charge in [-0.15, -0.1) is 0 Å². The number of nitrogens with zero attached hydrogens (tertiary/aromatic N) is 1. The topological polar surface area (TPSA) is 58.6 Å². The summed E-state index contributed by atoms with van der Waals surface area (Å²) in [5.41, 5.74) is 1.10. The summed E-state index contributed by atoms with van der Waals surface area (Å²) >= 11 is 0. The fourth-order valence-corrected chi connectivity index (χ4v) is 3.49. The highest BCUT2D eigenvalue weighted by Crippen LogP contribution is 2.23. The molecule has 1 saturated heterocycles. The van der Waals surface area contributed by atoms with Crippen LogP contribution in [0.4, 0.5) is 0 Å². The Morgan fingerprint density at radius 2 is 1.70 bits per heavy atom. The first-order valence-electron chi connectivity index (χ1n) is 8.25. The van der Waals surface area contributed by atoms with Crippen LogP contribution >= 0.6 is 0 Å². The van der Waals surface area contributed by atoms with Gasteiger partial charge in [-0.3, -0.25) is 4.84 Å². The lowest BCUT2D eigenvalue weighted by Crippen LogP contribution is -2.35. The molecule has 0 aliphatic carbocycles. The number of nitrogens with one attached hydrogen (secondary N) is 1. The lowest BCUT2D eigenvalue weighted by Gasteiger charge is -2.25. The zero-order valence-electron chi connectivity index (χ0n) is 14.3. The maximum atomic E-state index is 12.2. The Bertz CT molecular complexity index is 585. The van der Waals surface area contributed by atoms with Gasteiger partial charge in [-0.1, -0.05) is 44.2 Å². The van der Waals surface area contributed by atoms with Crippen molar-refractivity contribution in [3.63, 3.8) is 0 Å². The van der Waals surface area contributed by atoms with E-state index in [9.17, 15) is 8.42 Å². The third-order valence-corrected chi connectivity index (χ3v) is 5.39. The molecule has 0 amide bonds. The zero-order chi connectivity index (χ0) is 16.9. The van der Waals surface area contributed by atoms with Gasteiger partial charge in [0.25, 0.3) is 10.0 Å². The highest BCUT2D eigenvalue weighted by molar-refractivity contribution is 7.89. The van der Waals surface area contributed by atoms with Crippen LogP contribution in [0.5, 0.6) is 0 Å². The summed E-state index contributed by atoms with van der Waals surface area (Å²) in [5.74, 6) is 0. The molecule has 1 aromatic rings. The van der Waals surface area contributed by atoms with Crippen LogP contribution in [-0.2, 0) is 20.3 Å². The lowest BCUT2D eigenvalue weighted by atomic mass is 9.87. The van der Waals surface area contributed by atoms with Crippen molar-refractivity contribution in [1.82, 2.24) is 9.79 Å². The molecule has 6 heteroatoms. The average molecular weight is 340 g/mol. The maximum absolute atomic E-state index is 12.2. The largest absolute Gasteiger partial charge is 0.301 e. The summed E-state index contributed by atoms with van der Waals surface area (Å²) < 4.78 is 24.4. The second kappa shape index (κ2) is 7.75. The van der Waals surface area contributed by atoms with Crippen molar-refractivity contribution in [3.05, 3.63) is 29.8 Å². The number of piperidine rings is 1. The molecule has 23 heavy (non-hydrogen) atoms. The summed E-state index contributed by atoms with van der Waals surface area (Å²) in [7, 11) is -3.62. The minimum Gasteiger partial charge on any atom is -0.301 e. The molecule has 0 aromatic heterocycles. The van der Waals surface area contributed by atoms with Crippen molar-refractivity contribution in [3.8, 4) is 0 Å². The van der Waals surface area contributed by atoms with Crippen molar-refractivity contribution >= 4 is 10.0 Å². The monoisotopic (exact) mass is 340 g/mol. The van der Waals surface area contributed by atoms with E-state index in [0.717, 1.165) is 25.2 Å². The number of rotatable bonds is 6. The van der Waals surface area contributed by atoms with Gasteiger partial charge in [-0.2, -0.15) is 0 Å². The first-order chi connectivity index (χ1) is 10.8. The zero-order valence-corrected chi connectivity index (χ0v) is 15.2. The van der Waals surface area contributed by atoms with Gasteiger partial charge in [0.05, 0.1) is 11.5 Å². The first kappa shape index (κ1) is 18.4. The minimum absolute atomic E-state index is 0.000658. The van der Waals surface area contributed by atoms with Gasteiger partial charge in [-0.25, -0.2) is 8.42 Å². The molecule has 1 aliphatic rings. The van der Waals surface area contributed by atoms with Crippen LogP contribution in [0.2, 0.25) is 0 Å². The Hall–Kier alpha value is -0.950. The van der Waals surface area contributed by atoms with Gasteiger partial charge < -0.3 is 4.90 Å². The molecule has 1 aromatic carbocycles. The van der Waals surface area contributed by atoms with Gasteiger partial charge in [0.2, 0.25) is 0 Å². The van der Waals surface area contributed by atoms with Gasteiger partial charge in [0.1, 0.15) is 0 Å². The predicted octanol–water partition coefficient (Wildman–Crippen LogP) is 2.68. The van der Waals surface area contributed by atoms with Crippen molar-refractivity contribution in [1.29, 1.82) is 0 Å². The van der Waals surface area contributed by atoms with E-state index < -0.39 is 10.0 Å². The number of sulfonamides is 1. The van der Waals surface area contributed by atoms with Crippen LogP contribution in [0.25, 0.3) is 0 Å². The van der Waals surface area contributed by atoms with Crippen LogP contribution in [0.15, 0.2) is 29.2 Å². The number of hydrogen-bond donors (Lipinski definition) is 1. The van der Waals surface area contributed by atoms with Crippen molar-refractivity contribution < 1.29 is 13.3 Å². The molecule has 0 saturated carbocycles. The Labute approximate surface area is 140 Å². The Balaban J connectivity index is 1.83. The van der Waals surface area contributed by atoms with E-state index in [1.54, 1.807) is 12.1 Å². The van der Waals surface area contributed by atoms with E-state index in [2.05, 4.69) is 30.6 Å². The molecule has 1 N–H and O–H groups in total. The van der Waals surface area contributed by atoms with Gasteiger partial charge >= 0.3 is 0 Å². The first-order valence-corrected chi connectivity index (χ1v) is 9.74. The van der Waals surface area contributed by atoms with E-state index >= 15 is 0 Å². The maximum Gasteiger partial charge on any atom is 0.262 e.